The third-order valence-electron chi connectivity index (χ3n) is 6.40. The first kappa shape index (κ1) is 33.1. The van der Waals surface area contributed by atoms with Crippen LogP contribution in [0, 0.1) is 0 Å². The summed E-state index contributed by atoms with van der Waals surface area (Å²) in [5, 5.41) is 9.04. The zero-order valence-electron chi connectivity index (χ0n) is 24.0. The number of hydrogen-bond donors (Lipinski definition) is 1. The van der Waals surface area contributed by atoms with Gasteiger partial charge < -0.3 is 9.90 Å². The predicted octanol–water partition coefficient (Wildman–Crippen LogP) is 9.93. The van der Waals surface area contributed by atoms with Crippen LogP contribution in [0.15, 0.2) is 69.9 Å². The molecule has 0 aromatic carbocycles. The molecule has 0 fully saturated rings. The molecule has 0 unspecified atom stereocenters. The maximum atomic E-state index is 11.0. The number of rotatable bonds is 19. The van der Waals surface area contributed by atoms with Gasteiger partial charge >= 0.3 is 0 Å². The van der Waals surface area contributed by atoms with Crippen LogP contribution in [0.1, 0.15) is 126 Å². The Morgan fingerprint density at radius 3 is 0.886 bits per heavy atom. The van der Waals surface area contributed by atoms with Gasteiger partial charge in [-0.2, -0.15) is 0 Å². The Balaban J connectivity index is 4.13. The van der Waals surface area contributed by atoms with Gasteiger partial charge in [-0.3, -0.25) is 0 Å². The Labute approximate surface area is 217 Å². The molecule has 0 aliphatic rings. The van der Waals surface area contributed by atoms with E-state index in [1.165, 1.54) is 27.9 Å². The fraction of sp³-hybridized carbons (Fsp3) is 0.606. The largest absolute Gasteiger partial charge is 0.392 e. The van der Waals surface area contributed by atoms with Gasteiger partial charge in [-0.1, -0.05) is 69.9 Å². The Morgan fingerprint density at radius 2 is 0.657 bits per heavy atom. The lowest BCUT2D eigenvalue weighted by atomic mass is 10.0. The van der Waals surface area contributed by atoms with Crippen LogP contribution in [0.25, 0.3) is 0 Å². The molecule has 0 spiro atoms. The lowest BCUT2D eigenvalue weighted by molar-refractivity contribution is -0.116. The van der Waals surface area contributed by atoms with Gasteiger partial charge in [-0.25, -0.2) is 0 Å². The summed E-state index contributed by atoms with van der Waals surface area (Å²) in [7, 11) is 0. The topological polar surface area (TPSA) is 37.3 Å². The molecule has 0 aliphatic carbocycles. The van der Waals surface area contributed by atoms with Crippen LogP contribution in [-0.2, 0) is 4.79 Å². The van der Waals surface area contributed by atoms with E-state index in [9.17, 15) is 4.79 Å². The minimum absolute atomic E-state index is 0.168. The second-order valence-electron chi connectivity index (χ2n) is 10.4. The Morgan fingerprint density at radius 1 is 0.429 bits per heavy atom. The van der Waals surface area contributed by atoms with Gasteiger partial charge in [-0.15, -0.1) is 0 Å². The molecule has 0 saturated carbocycles. The van der Waals surface area contributed by atoms with Crippen molar-refractivity contribution in [1.29, 1.82) is 0 Å². The van der Waals surface area contributed by atoms with E-state index in [-0.39, 0.29) is 12.4 Å². The number of carbonyl (C=O) groups excluding carboxylic acids is 1. The van der Waals surface area contributed by atoms with Crippen molar-refractivity contribution in [2.24, 2.45) is 0 Å². The van der Waals surface area contributed by atoms with Crippen molar-refractivity contribution in [2.45, 2.75) is 126 Å². The zero-order chi connectivity index (χ0) is 26.5. The zero-order valence-corrected chi connectivity index (χ0v) is 24.0. The van der Waals surface area contributed by atoms with E-state index in [0.29, 0.717) is 6.42 Å². The standard InChI is InChI=1S/C33H54O2/c1-27(15-9-17-29(3)19-11-21-31(5)23-13-25-33(7)35)14-8-16-28(2)18-10-20-30(4)22-12-24-32(6)26-34/h15-16,19-20,23-24,34H,8-14,17-18,21-22,25-26H2,1-7H3/b27-15+,28-16+,29-19+,30-20+,31-23+,32-24+. The smallest absolute Gasteiger partial charge is 0.130 e. The lowest BCUT2D eigenvalue weighted by Crippen LogP contribution is -1.87. The normalized spacial score (nSPS) is 14.6. The molecule has 0 aromatic rings. The van der Waals surface area contributed by atoms with Crippen LogP contribution >= 0.6 is 0 Å². The summed E-state index contributed by atoms with van der Waals surface area (Å²) in [4.78, 5) is 11.0. The maximum Gasteiger partial charge on any atom is 0.130 e. The highest BCUT2D eigenvalue weighted by Gasteiger charge is 1.96. The highest BCUT2D eigenvalue weighted by molar-refractivity contribution is 5.75. The number of Topliss-reactive ketones (excluding diaryl/α,β-unsaturated/α-hetero) is 1. The van der Waals surface area contributed by atoms with E-state index >= 15 is 0 Å². The van der Waals surface area contributed by atoms with E-state index in [1.807, 2.05) is 6.92 Å². The van der Waals surface area contributed by atoms with Gasteiger partial charge in [0, 0.05) is 6.42 Å². The molecule has 0 bridgehead atoms. The fourth-order valence-corrected chi connectivity index (χ4v) is 3.83. The highest BCUT2D eigenvalue weighted by Crippen LogP contribution is 2.16. The fourth-order valence-electron chi connectivity index (χ4n) is 3.83. The average Bonchev–Trinajstić information content (AvgIpc) is 2.78. The van der Waals surface area contributed by atoms with E-state index in [1.54, 1.807) is 6.92 Å². The predicted molar refractivity (Wildman–Crippen MR) is 156 cm³/mol. The molecule has 0 saturated heterocycles. The molecule has 0 rings (SSSR count). The van der Waals surface area contributed by atoms with E-state index in [2.05, 4.69) is 71.1 Å². The Bertz CT molecular complexity index is 784. The molecule has 0 heterocycles. The average molecular weight is 483 g/mol. The first-order chi connectivity index (χ1) is 16.6. The van der Waals surface area contributed by atoms with Crippen molar-refractivity contribution in [3.8, 4) is 0 Å². The van der Waals surface area contributed by atoms with Crippen molar-refractivity contribution in [2.75, 3.05) is 6.61 Å². The van der Waals surface area contributed by atoms with Crippen molar-refractivity contribution in [3.63, 3.8) is 0 Å². The summed E-state index contributed by atoms with van der Waals surface area (Å²) < 4.78 is 0. The molecular weight excluding hydrogens is 428 g/mol. The Kier molecular flexibility index (Phi) is 20.2. The summed E-state index contributed by atoms with van der Waals surface area (Å²) in [6.07, 6.45) is 26.5. The summed E-state index contributed by atoms with van der Waals surface area (Å²) in [5.74, 6) is 0.271. The van der Waals surface area contributed by atoms with Crippen molar-refractivity contribution in [3.05, 3.63) is 69.9 Å². The first-order valence-electron chi connectivity index (χ1n) is 13.7. The molecule has 198 valence electrons. The van der Waals surface area contributed by atoms with Crippen LogP contribution in [0.2, 0.25) is 0 Å². The molecule has 0 amide bonds. The van der Waals surface area contributed by atoms with Crippen molar-refractivity contribution < 1.29 is 9.90 Å². The van der Waals surface area contributed by atoms with Gasteiger partial charge in [0.05, 0.1) is 6.61 Å². The molecule has 0 atom stereocenters. The molecule has 2 heteroatoms. The summed E-state index contributed by atoms with van der Waals surface area (Å²) in [6, 6.07) is 0. The molecule has 0 aromatic heterocycles. The van der Waals surface area contributed by atoms with E-state index in [0.717, 1.165) is 76.2 Å². The lowest BCUT2D eigenvalue weighted by Gasteiger charge is -2.04. The van der Waals surface area contributed by atoms with Gasteiger partial charge in [0.1, 0.15) is 5.78 Å². The summed E-state index contributed by atoms with van der Waals surface area (Å²) in [6.45, 7) is 14.9. The number of aliphatic hydroxyl groups excluding tert-OH is 1. The molecule has 35 heavy (non-hydrogen) atoms. The van der Waals surface area contributed by atoms with Crippen LogP contribution in [0.4, 0.5) is 0 Å². The van der Waals surface area contributed by atoms with Gasteiger partial charge in [-0.05, 0) is 119 Å². The summed E-state index contributed by atoms with van der Waals surface area (Å²) in [5.41, 5.74) is 8.35. The number of ketones is 1. The number of aliphatic hydroxyl groups is 1. The maximum absolute atomic E-state index is 11.0. The SMILES string of the molecule is CC(=O)CC/C=C(\C)CC/C=C(\C)CC/C=C(\C)CC/C=C(\C)CC/C=C(\C)CC/C=C(\C)CO. The van der Waals surface area contributed by atoms with Gasteiger partial charge in [0.15, 0.2) is 0 Å². The van der Waals surface area contributed by atoms with Gasteiger partial charge in [0.2, 0.25) is 0 Å². The minimum atomic E-state index is 0.168. The second kappa shape index (κ2) is 21.4. The third kappa shape index (κ3) is 22.3. The van der Waals surface area contributed by atoms with E-state index < -0.39 is 0 Å². The number of allylic oxidation sites excluding steroid dienone is 11. The quantitative estimate of drug-likeness (QED) is 0.186. The van der Waals surface area contributed by atoms with E-state index in [4.69, 9.17) is 5.11 Å². The summed E-state index contributed by atoms with van der Waals surface area (Å²) >= 11 is 0. The highest BCUT2D eigenvalue weighted by atomic mass is 16.3. The molecular formula is C33H54O2. The second-order valence-corrected chi connectivity index (χ2v) is 10.4. The van der Waals surface area contributed by atoms with Crippen molar-refractivity contribution >= 4 is 5.78 Å². The third-order valence-corrected chi connectivity index (χ3v) is 6.40. The van der Waals surface area contributed by atoms with Crippen LogP contribution in [0.5, 0.6) is 0 Å². The minimum Gasteiger partial charge on any atom is -0.392 e. The van der Waals surface area contributed by atoms with Crippen molar-refractivity contribution in [1.82, 2.24) is 0 Å². The van der Waals surface area contributed by atoms with Crippen LogP contribution in [-0.4, -0.2) is 17.5 Å². The molecule has 2 nitrogen and oxygen atoms in total. The molecule has 0 aliphatic heterocycles. The first-order valence-corrected chi connectivity index (χ1v) is 13.7. The number of carbonyl (C=O) groups is 1. The van der Waals surface area contributed by atoms with Gasteiger partial charge in [0.25, 0.3) is 0 Å². The monoisotopic (exact) mass is 482 g/mol. The van der Waals surface area contributed by atoms with Crippen LogP contribution in [0.3, 0.4) is 0 Å². The Hall–Kier alpha value is -1.93. The molecule has 0 radical (unpaired) electrons. The number of hydrogen-bond acceptors (Lipinski definition) is 2. The molecule has 1 N–H and O–H groups in total. The van der Waals surface area contributed by atoms with Crippen LogP contribution < -0.4 is 0 Å².